The molecule has 0 aromatic rings. The quantitative estimate of drug-likeness (QED) is 0.242. The van der Waals surface area contributed by atoms with E-state index in [2.05, 4.69) is 6.92 Å². The fourth-order valence-corrected chi connectivity index (χ4v) is 1.92. The van der Waals surface area contributed by atoms with Gasteiger partial charge in [-0.3, -0.25) is 4.79 Å². The molecule has 144 valence electrons. The Morgan fingerprint density at radius 2 is 1.58 bits per heavy atom. The van der Waals surface area contributed by atoms with Crippen LogP contribution < -0.4 is 0 Å². The molecule has 0 unspecified atom stereocenters. The molecule has 0 aromatic heterocycles. The van der Waals surface area contributed by atoms with Crippen LogP contribution in [0.5, 0.6) is 0 Å². The van der Waals surface area contributed by atoms with Crippen molar-refractivity contribution >= 4 is 5.97 Å². The smallest absolute Gasteiger partial charge is 0.303 e. The van der Waals surface area contributed by atoms with Crippen molar-refractivity contribution in [3.8, 4) is 0 Å². The lowest BCUT2D eigenvalue weighted by Gasteiger charge is -1.98. The third-order valence-electron chi connectivity index (χ3n) is 3.28. The first-order valence-electron chi connectivity index (χ1n) is 9.12. The predicted molar refractivity (Wildman–Crippen MR) is 108 cm³/mol. The molecule has 0 radical (unpaired) electrons. The number of aliphatic hydroxyl groups is 2. The minimum Gasteiger partial charge on any atom is -0.481 e. The summed E-state index contributed by atoms with van der Waals surface area (Å²) >= 11 is 0. The number of rotatable bonds is 14. The molecule has 4 nitrogen and oxygen atoms in total. The minimum atomic E-state index is -0.797. The fraction of sp³-hybridized carbons (Fsp3) is 0.409. The Morgan fingerprint density at radius 3 is 2.23 bits per heavy atom. The second kappa shape index (κ2) is 17.6. The molecule has 0 heterocycles. The summed E-state index contributed by atoms with van der Waals surface area (Å²) < 4.78 is 0. The number of hydrogen-bond acceptors (Lipinski definition) is 3. The number of aliphatic carboxylic acids is 1. The second-order valence-electron chi connectivity index (χ2n) is 5.75. The Balaban J connectivity index is 3.87. The first-order chi connectivity index (χ1) is 12.6. The van der Waals surface area contributed by atoms with Crippen LogP contribution in [0.15, 0.2) is 72.9 Å². The third-order valence-corrected chi connectivity index (χ3v) is 3.28. The van der Waals surface area contributed by atoms with Gasteiger partial charge in [0.15, 0.2) is 0 Å². The summed E-state index contributed by atoms with van der Waals surface area (Å²) in [6.07, 6.45) is 24.9. The molecule has 0 rings (SSSR count). The molecule has 0 aliphatic carbocycles. The fourth-order valence-electron chi connectivity index (χ4n) is 1.92. The van der Waals surface area contributed by atoms with E-state index in [9.17, 15) is 15.0 Å². The highest BCUT2D eigenvalue weighted by Gasteiger charge is 1.94. The molecular weight excluding hydrogens is 328 g/mol. The van der Waals surface area contributed by atoms with Crippen molar-refractivity contribution in [1.29, 1.82) is 0 Å². The highest BCUT2D eigenvalue weighted by Crippen LogP contribution is 1.99. The zero-order valence-corrected chi connectivity index (χ0v) is 15.6. The van der Waals surface area contributed by atoms with Gasteiger partial charge >= 0.3 is 5.97 Å². The molecule has 0 amide bonds. The van der Waals surface area contributed by atoms with E-state index in [1.807, 2.05) is 42.5 Å². The number of aliphatic hydroxyl groups excluding tert-OH is 2. The number of unbranched alkanes of at least 4 members (excludes halogenated alkanes) is 1. The van der Waals surface area contributed by atoms with Crippen LogP contribution in [0.1, 0.15) is 45.4 Å². The van der Waals surface area contributed by atoms with Gasteiger partial charge in [0.25, 0.3) is 0 Å². The van der Waals surface area contributed by atoms with E-state index in [1.165, 1.54) is 0 Å². The van der Waals surface area contributed by atoms with Crippen LogP contribution in [-0.4, -0.2) is 33.5 Å². The van der Waals surface area contributed by atoms with E-state index in [0.717, 1.165) is 12.8 Å². The lowest BCUT2D eigenvalue weighted by molar-refractivity contribution is -0.137. The molecule has 0 bridgehead atoms. The molecule has 3 N–H and O–H groups in total. The average Bonchev–Trinajstić information content (AvgIpc) is 2.60. The topological polar surface area (TPSA) is 77.8 Å². The minimum absolute atomic E-state index is 0.149. The van der Waals surface area contributed by atoms with Crippen molar-refractivity contribution in [1.82, 2.24) is 0 Å². The zero-order chi connectivity index (χ0) is 19.5. The first-order valence-corrected chi connectivity index (χ1v) is 9.12. The monoisotopic (exact) mass is 360 g/mol. The Hall–Kier alpha value is -2.17. The van der Waals surface area contributed by atoms with E-state index in [1.54, 1.807) is 30.4 Å². The third kappa shape index (κ3) is 18.2. The van der Waals surface area contributed by atoms with Gasteiger partial charge in [-0.1, -0.05) is 79.8 Å². The van der Waals surface area contributed by atoms with Gasteiger partial charge in [-0.15, -0.1) is 0 Å². The van der Waals surface area contributed by atoms with Crippen molar-refractivity contribution in [3.05, 3.63) is 72.9 Å². The van der Waals surface area contributed by atoms with Gasteiger partial charge in [-0.2, -0.15) is 0 Å². The second-order valence-corrected chi connectivity index (χ2v) is 5.75. The molecule has 0 aliphatic rings. The first kappa shape index (κ1) is 23.8. The maximum atomic E-state index is 10.3. The predicted octanol–water partition coefficient (Wildman–Crippen LogP) is 4.49. The molecular formula is C22H32O4. The maximum Gasteiger partial charge on any atom is 0.303 e. The molecule has 0 aliphatic heterocycles. The van der Waals surface area contributed by atoms with Gasteiger partial charge in [0.05, 0.1) is 12.2 Å². The Bertz CT molecular complexity index is 524. The molecule has 0 saturated heterocycles. The number of carbonyl (C=O) groups is 1. The van der Waals surface area contributed by atoms with Crippen molar-refractivity contribution in [2.75, 3.05) is 0 Å². The van der Waals surface area contributed by atoms with E-state index in [4.69, 9.17) is 5.11 Å². The number of allylic oxidation sites excluding steroid dienone is 8. The molecule has 0 saturated carbocycles. The maximum absolute atomic E-state index is 10.3. The summed E-state index contributed by atoms with van der Waals surface area (Å²) in [5.41, 5.74) is 0. The number of carboxylic acids is 1. The van der Waals surface area contributed by atoms with Crippen LogP contribution in [0.25, 0.3) is 0 Å². The van der Waals surface area contributed by atoms with Crippen LogP contribution in [0, 0.1) is 0 Å². The van der Waals surface area contributed by atoms with Gasteiger partial charge < -0.3 is 15.3 Å². The Morgan fingerprint density at radius 1 is 0.885 bits per heavy atom. The Kier molecular flexibility index (Phi) is 16.2. The van der Waals surface area contributed by atoms with Gasteiger partial charge in [0.1, 0.15) is 0 Å². The normalized spacial score (nSPS) is 15.5. The summed E-state index contributed by atoms with van der Waals surface area (Å²) in [6, 6.07) is 0. The highest BCUT2D eigenvalue weighted by molar-refractivity contribution is 5.66. The molecule has 0 spiro atoms. The van der Waals surface area contributed by atoms with Crippen LogP contribution in [0.3, 0.4) is 0 Å². The van der Waals surface area contributed by atoms with Gasteiger partial charge in [0.2, 0.25) is 0 Å². The van der Waals surface area contributed by atoms with Crippen molar-refractivity contribution < 1.29 is 20.1 Å². The average molecular weight is 360 g/mol. The largest absolute Gasteiger partial charge is 0.481 e. The summed E-state index contributed by atoms with van der Waals surface area (Å²) in [5, 5.41) is 27.9. The summed E-state index contributed by atoms with van der Waals surface area (Å²) in [7, 11) is 0. The van der Waals surface area contributed by atoms with Crippen LogP contribution in [-0.2, 0) is 4.79 Å². The van der Waals surface area contributed by atoms with Crippen molar-refractivity contribution in [2.45, 2.75) is 57.7 Å². The SMILES string of the molecule is CC/C=C\C[C@@H](O)/C=C/C=C\C/C=C\C=C\[C@@H](O)/C=C\CCCC(=O)O. The lowest BCUT2D eigenvalue weighted by atomic mass is 10.2. The molecule has 26 heavy (non-hydrogen) atoms. The van der Waals surface area contributed by atoms with Gasteiger partial charge in [0, 0.05) is 6.42 Å². The van der Waals surface area contributed by atoms with E-state index in [0.29, 0.717) is 19.3 Å². The van der Waals surface area contributed by atoms with Crippen LogP contribution in [0.4, 0.5) is 0 Å². The van der Waals surface area contributed by atoms with Crippen LogP contribution in [0.2, 0.25) is 0 Å². The van der Waals surface area contributed by atoms with Crippen molar-refractivity contribution in [2.24, 2.45) is 0 Å². The lowest BCUT2D eigenvalue weighted by Crippen LogP contribution is -1.98. The number of carboxylic acid groups (broad SMARTS) is 1. The molecule has 0 fully saturated rings. The summed E-state index contributed by atoms with van der Waals surface area (Å²) in [4.78, 5) is 10.3. The van der Waals surface area contributed by atoms with E-state index >= 15 is 0 Å². The highest BCUT2D eigenvalue weighted by atomic mass is 16.4. The standard InChI is InChI=1S/C22H32O4/c1-2-3-10-15-20(23)16-11-7-5-4-6-8-12-17-21(24)18-13-9-14-19-22(25)26/h3,5-8,10-13,16-18,20-21,23-24H,2,4,9,14-15,19H2,1H3,(H,25,26)/b7-5-,8-6-,10-3-,16-11+,17-12+,18-13-/t20-,21-/m1/s1. The summed E-state index contributed by atoms with van der Waals surface area (Å²) in [6.45, 7) is 2.06. The van der Waals surface area contributed by atoms with E-state index < -0.39 is 18.2 Å². The number of hydrogen-bond donors (Lipinski definition) is 3. The molecule has 0 aromatic carbocycles. The van der Waals surface area contributed by atoms with Crippen molar-refractivity contribution in [3.63, 3.8) is 0 Å². The van der Waals surface area contributed by atoms with Crippen LogP contribution >= 0.6 is 0 Å². The summed E-state index contributed by atoms with van der Waals surface area (Å²) in [5.74, 6) is -0.797. The molecule has 4 heteroatoms. The van der Waals surface area contributed by atoms with E-state index in [-0.39, 0.29) is 6.42 Å². The Labute approximate surface area is 157 Å². The zero-order valence-electron chi connectivity index (χ0n) is 15.6. The van der Waals surface area contributed by atoms with Gasteiger partial charge in [-0.05, 0) is 32.1 Å². The molecule has 2 atom stereocenters. The van der Waals surface area contributed by atoms with Gasteiger partial charge in [-0.25, -0.2) is 0 Å².